The van der Waals surface area contributed by atoms with Crippen molar-refractivity contribution in [3.63, 3.8) is 0 Å². The molecule has 1 aromatic rings. The number of sulfone groups is 1. The van der Waals surface area contributed by atoms with Crippen LogP contribution in [0.1, 0.15) is 18.9 Å². The number of rotatable bonds is 4. The van der Waals surface area contributed by atoms with Crippen molar-refractivity contribution in [2.24, 2.45) is 0 Å². The molecule has 0 aliphatic heterocycles. The third-order valence-electron chi connectivity index (χ3n) is 2.55. The third kappa shape index (κ3) is 4.09. The van der Waals surface area contributed by atoms with Crippen LogP contribution in [0.3, 0.4) is 0 Å². The van der Waals surface area contributed by atoms with Crippen molar-refractivity contribution in [2.75, 3.05) is 12.0 Å². The Bertz CT molecular complexity index is 556. The summed E-state index contributed by atoms with van der Waals surface area (Å²) in [7, 11) is -3.22. The van der Waals surface area contributed by atoms with Gasteiger partial charge in [-0.2, -0.15) is 0 Å². The Hall–Kier alpha value is -0.360. The van der Waals surface area contributed by atoms with Gasteiger partial charge < -0.3 is 5.11 Å². The molecule has 0 aliphatic rings. The summed E-state index contributed by atoms with van der Waals surface area (Å²) in [6.07, 6.45) is 0.986. The van der Waals surface area contributed by atoms with Gasteiger partial charge in [0.05, 0.1) is 16.4 Å². The van der Waals surface area contributed by atoms with Gasteiger partial charge in [0, 0.05) is 16.8 Å². The quantitative estimate of drug-likeness (QED) is 0.869. The molecule has 0 saturated carbocycles. The van der Waals surface area contributed by atoms with Gasteiger partial charge in [0.25, 0.3) is 0 Å². The van der Waals surface area contributed by atoms with Crippen LogP contribution in [0, 0.1) is 5.82 Å². The number of hydrogen-bond acceptors (Lipinski definition) is 3. The van der Waals surface area contributed by atoms with Crippen LogP contribution < -0.4 is 0 Å². The lowest BCUT2D eigenvalue weighted by Crippen LogP contribution is -2.25. The average molecular weight is 315 g/mol. The van der Waals surface area contributed by atoms with Gasteiger partial charge in [0.2, 0.25) is 0 Å². The number of aliphatic hydroxyl groups is 1. The predicted octanol–water partition coefficient (Wildman–Crippen LogP) is 2.77. The summed E-state index contributed by atoms with van der Waals surface area (Å²) in [6.45, 7) is 1.38. The molecule has 1 atom stereocenters. The molecule has 1 aromatic carbocycles. The highest BCUT2D eigenvalue weighted by Crippen LogP contribution is 2.34. The summed E-state index contributed by atoms with van der Waals surface area (Å²) in [5.41, 5.74) is -1.42. The van der Waals surface area contributed by atoms with Crippen molar-refractivity contribution in [3.8, 4) is 0 Å². The van der Waals surface area contributed by atoms with Crippen LogP contribution in [0.15, 0.2) is 12.1 Å². The van der Waals surface area contributed by atoms with Crippen LogP contribution in [0.5, 0.6) is 0 Å². The van der Waals surface area contributed by atoms with Gasteiger partial charge in [-0.05, 0) is 25.5 Å². The van der Waals surface area contributed by atoms with Gasteiger partial charge in [-0.3, -0.25) is 0 Å². The molecular formula is C11H13Cl2FO3S. The molecule has 0 spiro atoms. The van der Waals surface area contributed by atoms with Crippen LogP contribution in [-0.4, -0.2) is 25.5 Å². The molecule has 102 valence electrons. The van der Waals surface area contributed by atoms with E-state index in [9.17, 15) is 17.9 Å². The van der Waals surface area contributed by atoms with Crippen LogP contribution in [-0.2, 0) is 15.4 Å². The molecule has 1 unspecified atom stereocenters. The first-order chi connectivity index (χ1) is 8.03. The van der Waals surface area contributed by atoms with Crippen molar-refractivity contribution in [3.05, 3.63) is 33.6 Å². The largest absolute Gasteiger partial charge is 0.385 e. The molecule has 7 heteroatoms. The minimum absolute atomic E-state index is 0.0768. The highest BCUT2D eigenvalue weighted by Gasteiger charge is 2.28. The van der Waals surface area contributed by atoms with Crippen molar-refractivity contribution in [2.45, 2.75) is 18.9 Å². The van der Waals surface area contributed by atoms with E-state index in [4.69, 9.17) is 23.2 Å². The Kier molecular flexibility index (Phi) is 4.65. The highest BCUT2D eigenvalue weighted by atomic mass is 35.5. The van der Waals surface area contributed by atoms with Crippen LogP contribution in [0.25, 0.3) is 0 Å². The molecule has 0 radical (unpaired) electrons. The van der Waals surface area contributed by atoms with Gasteiger partial charge in [-0.1, -0.05) is 23.2 Å². The summed E-state index contributed by atoms with van der Waals surface area (Å²) in [5, 5.41) is 10.1. The SMILES string of the molecule is CC(O)(CCS(C)(=O)=O)c1cc(F)c(Cl)cc1Cl. The van der Waals surface area contributed by atoms with Gasteiger partial charge in [-0.25, -0.2) is 12.8 Å². The zero-order valence-electron chi connectivity index (χ0n) is 9.87. The Morgan fingerprint density at radius 2 is 1.89 bits per heavy atom. The van der Waals surface area contributed by atoms with E-state index in [0.717, 1.165) is 12.3 Å². The molecule has 0 saturated heterocycles. The van der Waals surface area contributed by atoms with Crippen molar-refractivity contribution in [1.82, 2.24) is 0 Å². The van der Waals surface area contributed by atoms with E-state index in [2.05, 4.69) is 0 Å². The average Bonchev–Trinajstić information content (AvgIpc) is 2.19. The molecular weight excluding hydrogens is 302 g/mol. The standard InChI is InChI=1S/C11H13Cl2FO3S/c1-11(15,3-4-18(2,16)17)7-5-10(14)9(13)6-8(7)12/h5-6,15H,3-4H2,1-2H3. The fourth-order valence-corrected chi connectivity index (χ4v) is 2.81. The lowest BCUT2D eigenvalue weighted by atomic mass is 9.93. The summed E-state index contributed by atoms with van der Waals surface area (Å²) < 4.78 is 35.5. The fourth-order valence-electron chi connectivity index (χ4n) is 1.45. The van der Waals surface area contributed by atoms with Crippen molar-refractivity contribution >= 4 is 33.0 Å². The van der Waals surface area contributed by atoms with E-state index < -0.39 is 21.3 Å². The Balaban J connectivity index is 3.08. The molecule has 0 bridgehead atoms. The molecule has 0 aliphatic carbocycles. The third-order valence-corrected chi connectivity index (χ3v) is 4.10. The molecule has 0 aromatic heterocycles. The lowest BCUT2D eigenvalue weighted by Gasteiger charge is -2.24. The normalized spacial score (nSPS) is 15.4. The van der Waals surface area contributed by atoms with E-state index in [0.29, 0.717) is 0 Å². The minimum Gasteiger partial charge on any atom is -0.385 e. The molecule has 0 fully saturated rings. The van der Waals surface area contributed by atoms with Gasteiger partial charge in [0.15, 0.2) is 0 Å². The number of halogens is 3. The Morgan fingerprint density at radius 1 is 1.33 bits per heavy atom. The van der Waals surface area contributed by atoms with E-state index in [1.54, 1.807) is 0 Å². The van der Waals surface area contributed by atoms with E-state index in [-0.39, 0.29) is 27.8 Å². The zero-order chi connectivity index (χ0) is 14.1. The molecule has 1 rings (SSSR count). The van der Waals surface area contributed by atoms with Gasteiger partial charge in [0.1, 0.15) is 15.7 Å². The molecule has 0 amide bonds. The van der Waals surface area contributed by atoms with Crippen molar-refractivity contribution in [1.29, 1.82) is 0 Å². The summed E-state index contributed by atoms with van der Waals surface area (Å²) in [4.78, 5) is 0. The lowest BCUT2D eigenvalue weighted by molar-refractivity contribution is 0.0537. The molecule has 3 nitrogen and oxygen atoms in total. The number of benzene rings is 1. The van der Waals surface area contributed by atoms with E-state index >= 15 is 0 Å². The van der Waals surface area contributed by atoms with Crippen molar-refractivity contribution < 1.29 is 17.9 Å². The van der Waals surface area contributed by atoms with Gasteiger partial charge in [-0.15, -0.1) is 0 Å². The maximum absolute atomic E-state index is 13.3. The molecule has 1 N–H and O–H groups in total. The topological polar surface area (TPSA) is 54.4 Å². The van der Waals surface area contributed by atoms with Crippen LogP contribution in [0.4, 0.5) is 4.39 Å². The summed E-state index contributed by atoms with van der Waals surface area (Å²) in [5.74, 6) is -0.934. The minimum atomic E-state index is -3.22. The smallest absolute Gasteiger partial charge is 0.147 e. The predicted molar refractivity (Wildman–Crippen MR) is 70.3 cm³/mol. The second-order valence-electron chi connectivity index (χ2n) is 4.40. The fraction of sp³-hybridized carbons (Fsp3) is 0.455. The second-order valence-corrected chi connectivity index (χ2v) is 7.47. The first-order valence-electron chi connectivity index (χ1n) is 5.08. The Labute approximate surface area is 115 Å². The van der Waals surface area contributed by atoms with E-state index in [1.165, 1.54) is 13.0 Å². The highest BCUT2D eigenvalue weighted by molar-refractivity contribution is 7.90. The van der Waals surface area contributed by atoms with Crippen LogP contribution >= 0.6 is 23.2 Å². The molecule has 18 heavy (non-hydrogen) atoms. The first kappa shape index (κ1) is 15.7. The maximum atomic E-state index is 13.3. The Morgan fingerprint density at radius 3 is 2.39 bits per heavy atom. The number of hydrogen-bond donors (Lipinski definition) is 1. The second kappa shape index (κ2) is 5.33. The van der Waals surface area contributed by atoms with Crippen LogP contribution in [0.2, 0.25) is 10.0 Å². The van der Waals surface area contributed by atoms with Gasteiger partial charge >= 0.3 is 0 Å². The molecule has 0 heterocycles. The van der Waals surface area contributed by atoms with E-state index in [1.807, 2.05) is 0 Å². The monoisotopic (exact) mass is 314 g/mol. The summed E-state index contributed by atoms with van der Waals surface area (Å²) in [6, 6.07) is 2.20. The zero-order valence-corrected chi connectivity index (χ0v) is 12.2. The summed E-state index contributed by atoms with van der Waals surface area (Å²) >= 11 is 11.4. The maximum Gasteiger partial charge on any atom is 0.147 e. The first-order valence-corrected chi connectivity index (χ1v) is 7.90.